The number of rotatable bonds is 8. The fraction of sp³-hybridized carbons (Fsp3) is 0.421. The molecule has 0 aliphatic heterocycles. The molecule has 0 aliphatic carbocycles. The maximum atomic E-state index is 12.5. The molecule has 2 atom stereocenters. The first-order valence-electron chi connectivity index (χ1n) is 8.27. The van der Waals surface area contributed by atoms with Gasteiger partial charge in [0.15, 0.2) is 6.10 Å². The van der Waals surface area contributed by atoms with E-state index in [4.69, 9.17) is 9.15 Å². The summed E-state index contributed by atoms with van der Waals surface area (Å²) >= 11 is 0. The number of carbonyl (C=O) groups is 1. The Hall–Kier alpha value is -2.27. The van der Waals surface area contributed by atoms with Crippen molar-refractivity contribution in [3.8, 4) is 5.75 Å². The van der Waals surface area contributed by atoms with Crippen LogP contribution in [0.25, 0.3) is 0 Å². The normalized spacial score (nSPS) is 13.5. The van der Waals surface area contributed by atoms with Crippen LogP contribution >= 0.6 is 0 Å². The average Bonchev–Trinajstić information content (AvgIpc) is 3.11. The lowest BCUT2D eigenvalue weighted by molar-refractivity contribution is -0.129. The lowest BCUT2D eigenvalue weighted by atomic mass is 10.0. The van der Waals surface area contributed by atoms with E-state index >= 15 is 0 Å². The summed E-state index contributed by atoms with van der Waals surface area (Å²) in [5, 5.41) is 12.3. The minimum Gasteiger partial charge on any atom is -0.480 e. The van der Waals surface area contributed by atoms with Crippen molar-refractivity contribution >= 4 is 5.91 Å². The maximum absolute atomic E-state index is 12.5. The van der Waals surface area contributed by atoms with Gasteiger partial charge in [-0.2, -0.15) is 0 Å². The molecule has 2 N–H and O–H groups in total. The molecule has 1 aromatic heterocycles. The van der Waals surface area contributed by atoms with Crippen LogP contribution in [0.2, 0.25) is 0 Å². The molecular weight excluding hydrogens is 306 g/mol. The van der Waals surface area contributed by atoms with Crippen molar-refractivity contribution in [3.05, 3.63) is 54.0 Å². The molecule has 5 nitrogen and oxygen atoms in total. The third-order valence-corrected chi connectivity index (χ3v) is 3.86. The molecule has 2 rings (SSSR count). The molecule has 0 bridgehead atoms. The van der Waals surface area contributed by atoms with E-state index in [-0.39, 0.29) is 12.5 Å². The lowest BCUT2D eigenvalue weighted by Gasteiger charge is -2.22. The quantitative estimate of drug-likeness (QED) is 0.777. The Morgan fingerprint density at radius 2 is 2.00 bits per heavy atom. The smallest absolute Gasteiger partial charge is 0.261 e. The SMILES string of the molecule is CCC(Oc1ccccc1C(C)C)C(=O)NC(CO)c1ccco1. The molecule has 2 unspecified atom stereocenters. The number of carbonyl (C=O) groups excluding carboxylic acids is 1. The molecule has 2 aromatic rings. The van der Waals surface area contributed by atoms with Gasteiger partial charge in [0.25, 0.3) is 5.91 Å². The summed E-state index contributed by atoms with van der Waals surface area (Å²) in [6.45, 7) is 5.82. The van der Waals surface area contributed by atoms with Gasteiger partial charge >= 0.3 is 0 Å². The van der Waals surface area contributed by atoms with Crippen molar-refractivity contribution in [2.75, 3.05) is 6.61 Å². The molecule has 1 heterocycles. The lowest BCUT2D eigenvalue weighted by Crippen LogP contribution is -2.41. The van der Waals surface area contributed by atoms with E-state index in [0.717, 1.165) is 5.56 Å². The van der Waals surface area contributed by atoms with Gasteiger partial charge in [-0.3, -0.25) is 4.79 Å². The zero-order chi connectivity index (χ0) is 17.5. The summed E-state index contributed by atoms with van der Waals surface area (Å²) in [6.07, 6.45) is 1.40. The number of aliphatic hydroxyl groups is 1. The summed E-state index contributed by atoms with van der Waals surface area (Å²) < 4.78 is 11.2. The van der Waals surface area contributed by atoms with Crippen LogP contribution in [0.4, 0.5) is 0 Å². The minimum atomic E-state index is -0.631. The molecule has 0 saturated carbocycles. The van der Waals surface area contributed by atoms with Crippen molar-refractivity contribution in [1.82, 2.24) is 5.32 Å². The summed E-state index contributed by atoms with van der Waals surface area (Å²) in [6, 6.07) is 10.6. The number of amides is 1. The van der Waals surface area contributed by atoms with Crippen molar-refractivity contribution in [3.63, 3.8) is 0 Å². The Balaban J connectivity index is 2.09. The van der Waals surface area contributed by atoms with E-state index in [1.165, 1.54) is 6.26 Å². The summed E-state index contributed by atoms with van der Waals surface area (Å²) in [7, 11) is 0. The standard InChI is InChI=1S/C19H25NO4/c1-4-16(24-17-9-6-5-8-14(17)13(2)3)19(22)20-15(12-21)18-10-7-11-23-18/h5-11,13,15-16,21H,4,12H2,1-3H3,(H,20,22). The van der Waals surface area contributed by atoms with Crippen molar-refractivity contribution in [2.24, 2.45) is 0 Å². The van der Waals surface area contributed by atoms with Gasteiger partial charge in [-0.15, -0.1) is 0 Å². The van der Waals surface area contributed by atoms with Gasteiger partial charge in [0, 0.05) is 0 Å². The Bertz CT molecular complexity index is 637. The number of hydrogen-bond acceptors (Lipinski definition) is 4. The molecule has 1 amide bonds. The monoisotopic (exact) mass is 331 g/mol. The minimum absolute atomic E-state index is 0.238. The van der Waals surface area contributed by atoms with Crippen LogP contribution in [0.1, 0.15) is 50.5 Å². The largest absolute Gasteiger partial charge is 0.480 e. The zero-order valence-corrected chi connectivity index (χ0v) is 14.4. The summed E-state index contributed by atoms with van der Waals surface area (Å²) in [5.41, 5.74) is 1.06. The van der Waals surface area contributed by atoms with Gasteiger partial charge in [0.05, 0.1) is 12.9 Å². The van der Waals surface area contributed by atoms with E-state index in [1.807, 2.05) is 31.2 Å². The van der Waals surface area contributed by atoms with E-state index in [0.29, 0.717) is 23.8 Å². The van der Waals surface area contributed by atoms with Crippen LogP contribution in [0.5, 0.6) is 5.75 Å². The Morgan fingerprint density at radius 3 is 2.58 bits per heavy atom. The van der Waals surface area contributed by atoms with Gasteiger partial charge < -0.3 is 19.6 Å². The van der Waals surface area contributed by atoms with Crippen molar-refractivity contribution < 1.29 is 19.1 Å². The Kier molecular flexibility index (Phi) is 6.44. The third-order valence-electron chi connectivity index (χ3n) is 3.86. The van der Waals surface area contributed by atoms with Gasteiger partial charge in [-0.25, -0.2) is 0 Å². The summed E-state index contributed by atoms with van der Waals surface area (Å²) in [4.78, 5) is 12.5. The topological polar surface area (TPSA) is 71.7 Å². The average molecular weight is 331 g/mol. The van der Waals surface area contributed by atoms with Gasteiger partial charge in [0.1, 0.15) is 17.6 Å². The highest BCUT2D eigenvalue weighted by atomic mass is 16.5. The highest BCUT2D eigenvalue weighted by Crippen LogP contribution is 2.27. The van der Waals surface area contributed by atoms with E-state index in [2.05, 4.69) is 19.2 Å². The fourth-order valence-corrected chi connectivity index (χ4v) is 2.50. The fourth-order valence-electron chi connectivity index (χ4n) is 2.50. The predicted molar refractivity (Wildman–Crippen MR) is 91.9 cm³/mol. The second-order valence-electron chi connectivity index (χ2n) is 5.97. The Labute approximate surface area is 142 Å². The Morgan fingerprint density at radius 1 is 1.25 bits per heavy atom. The number of aliphatic hydroxyl groups excluding tert-OH is 1. The number of hydrogen-bond donors (Lipinski definition) is 2. The number of benzene rings is 1. The van der Waals surface area contributed by atoms with Crippen LogP contribution in [-0.2, 0) is 4.79 Å². The number of ether oxygens (including phenoxy) is 1. The van der Waals surface area contributed by atoms with Crippen LogP contribution in [0.15, 0.2) is 47.1 Å². The summed E-state index contributed by atoms with van der Waals surface area (Å²) in [5.74, 6) is 1.26. The molecule has 0 spiro atoms. The molecule has 24 heavy (non-hydrogen) atoms. The molecule has 0 aliphatic rings. The number of nitrogens with one attached hydrogen (secondary N) is 1. The first kappa shape index (κ1) is 18.1. The van der Waals surface area contributed by atoms with Crippen LogP contribution < -0.4 is 10.1 Å². The van der Waals surface area contributed by atoms with Gasteiger partial charge in [-0.05, 0) is 36.1 Å². The molecule has 1 aromatic carbocycles. The number of para-hydroxylation sites is 1. The van der Waals surface area contributed by atoms with Crippen molar-refractivity contribution in [2.45, 2.75) is 45.3 Å². The van der Waals surface area contributed by atoms with Crippen LogP contribution in [0, 0.1) is 0 Å². The highest BCUT2D eigenvalue weighted by molar-refractivity contribution is 5.81. The number of furan rings is 1. The molecule has 0 radical (unpaired) electrons. The molecular formula is C19H25NO4. The molecule has 130 valence electrons. The van der Waals surface area contributed by atoms with Gasteiger partial charge in [-0.1, -0.05) is 39.0 Å². The predicted octanol–water partition coefficient (Wildman–Crippen LogP) is 3.41. The van der Waals surface area contributed by atoms with E-state index < -0.39 is 12.1 Å². The van der Waals surface area contributed by atoms with Crippen LogP contribution in [0.3, 0.4) is 0 Å². The highest BCUT2D eigenvalue weighted by Gasteiger charge is 2.24. The maximum Gasteiger partial charge on any atom is 0.261 e. The third kappa shape index (κ3) is 4.38. The zero-order valence-electron chi connectivity index (χ0n) is 14.4. The second-order valence-corrected chi connectivity index (χ2v) is 5.97. The molecule has 0 saturated heterocycles. The van der Waals surface area contributed by atoms with E-state index in [9.17, 15) is 9.90 Å². The van der Waals surface area contributed by atoms with Crippen molar-refractivity contribution in [1.29, 1.82) is 0 Å². The van der Waals surface area contributed by atoms with Gasteiger partial charge in [0.2, 0.25) is 0 Å². The van der Waals surface area contributed by atoms with Crippen LogP contribution in [-0.4, -0.2) is 23.7 Å². The first-order chi connectivity index (χ1) is 11.6. The molecule has 5 heteroatoms. The second kappa shape index (κ2) is 8.55. The van der Waals surface area contributed by atoms with E-state index in [1.54, 1.807) is 12.1 Å². The first-order valence-corrected chi connectivity index (χ1v) is 8.27. The molecule has 0 fully saturated rings.